The second-order valence-corrected chi connectivity index (χ2v) is 7.84. The Morgan fingerprint density at radius 1 is 1.24 bits per heavy atom. The molecule has 1 amide bonds. The first-order valence-electron chi connectivity index (χ1n) is 10.4. The summed E-state index contributed by atoms with van der Waals surface area (Å²) >= 11 is 0. The standard InChI is InChI=1S/C22H28N2O5/c1-14-12-18(20-16-4-3-5-17(16)22(26)29-19(20)13-14)28-15(2)21(25)23-6-7-24-8-10-27-11-9-24/h12-13,15H,3-11H2,1-2H3,(H,23,25)/t15-/m0/s1. The summed E-state index contributed by atoms with van der Waals surface area (Å²) in [6.45, 7) is 8.33. The van der Waals surface area contributed by atoms with Gasteiger partial charge in [-0.25, -0.2) is 4.79 Å². The van der Waals surface area contributed by atoms with E-state index < -0.39 is 6.10 Å². The average molecular weight is 400 g/mol. The first-order valence-corrected chi connectivity index (χ1v) is 10.4. The molecule has 0 saturated carbocycles. The number of hydrogen-bond donors (Lipinski definition) is 1. The highest BCUT2D eigenvalue weighted by atomic mass is 16.5. The minimum atomic E-state index is -0.645. The van der Waals surface area contributed by atoms with E-state index >= 15 is 0 Å². The van der Waals surface area contributed by atoms with Crippen LogP contribution in [-0.4, -0.2) is 56.3 Å². The molecule has 1 fully saturated rings. The molecular weight excluding hydrogens is 372 g/mol. The molecule has 1 saturated heterocycles. The van der Waals surface area contributed by atoms with Crippen LogP contribution in [0.25, 0.3) is 11.0 Å². The van der Waals surface area contributed by atoms with Crippen molar-refractivity contribution in [2.45, 2.75) is 39.2 Å². The molecule has 2 aromatic rings. The Bertz CT molecular complexity index is 962. The predicted octanol–water partition coefficient (Wildman–Crippen LogP) is 1.81. The fraction of sp³-hybridized carbons (Fsp3) is 0.545. The molecule has 1 aromatic carbocycles. The topological polar surface area (TPSA) is 81.0 Å². The zero-order valence-corrected chi connectivity index (χ0v) is 17.1. The summed E-state index contributed by atoms with van der Waals surface area (Å²) in [6.07, 6.45) is 1.85. The first-order chi connectivity index (χ1) is 14.0. The average Bonchev–Trinajstić information content (AvgIpc) is 3.18. The fourth-order valence-electron chi connectivity index (χ4n) is 4.15. The van der Waals surface area contributed by atoms with Crippen LogP contribution in [0.15, 0.2) is 21.3 Å². The molecule has 0 spiro atoms. The van der Waals surface area contributed by atoms with E-state index in [1.54, 1.807) is 6.92 Å². The van der Waals surface area contributed by atoms with Gasteiger partial charge in [-0.1, -0.05) is 0 Å². The Morgan fingerprint density at radius 3 is 2.79 bits per heavy atom. The van der Waals surface area contributed by atoms with E-state index in [9.17, 15) is 9.59 Å². The second kappa shape index (κ2) is 8.55. The van der Waals surface area contributed by atoms with Crippen molar-refractivity contribution in [3.05, 3.63) is 39.2 Å². The number of hydrogen-bond acceptors (Lipinski definition) is 6. The summed E-state index contributed by atoms with van der Waals surface area (Å²) in [6, 6.07) is 3.77. The minimum absolute atomic E-state index is 0.151. The van der Waals surface area contributed by atoms with Crippen molar-refractivity contribution < 1.29 is 18.7 Å². The number of nitrogens with zero attached hydrogens (tertiary/aromatic N) is 1. The van der Waals surface area contributed by atoms with Crippen LogP contribution in [0.5, 0.6) is 5.75 Å². The number of carbonyl (C=O) groups is 1. The Balaban J connectivity index is 1.47. The molecule has 2 heterocycles. The van der Waals surface area contributed by atoms with Gasteiger partial charge in [-0.05, 0) is 56.4 Å². The molecule has 0 unspecified atom stereocenters. The van der Waals surface area contributed by atoms with Gasteiger partial charge in [0, 0.05) is 31.7 Å². The molecule has 156 valence electrons. The normalized spacial score (nSPS) is 17.9. The summed E-state index contributed by atoms with van der Waals surface area (Å²) in [5, 5.41) is 3.78. The van der Waals surface area contributed by atoms with E-state index in [0.29, 0.717) is 17.9 Å². The van der Waals surface area contributed by atoms with Crippen molar-refractivity contribution in [2.24, 2.45) is 0 Å². The van der Waals surface area contributed by atoms with Crippen LogP contribution < -0.4 is 15.7 Å². The molecule has 1 atom stereocenters. The van der Waals surface area contributed by atoms with Crippen LogP contribution in [0.4, 0.5) is 0 Å². The van der Waals surface area contributed by atoms with E-state index in [0.717, 1.165) is 74.2 Å². The Morgan fingerprint density at radius 2 is 2.00 bits per heavy atom. The Hall–Kier alpha value is -2.38. The van der Waals surface area contributed by atoms with Crippen LogP contribution >= 0.6 is 0 Å². The van der Waals surface area contributed by atoms with Gasteiger partial charge in [0.15, 0.2) is 6.10 Å². The zero-order valence-electron chi connectivity index (χ0n) is 17.1. The highest BCUT2D eigenvalue weighted by Crippen LogP contribution is 2.35. The number of nitrogens with one attached hydrogen (secondary N) is 1. The lowest BCUT2D eigenvalue weighted by atomic mass is 10.0. The van der Waals surface area contributed by atoms with Crippen LogP contribution in [0.3, 0.4) is 0 Å². The number of morpholine rings is 1. The lowest BCUT2D eigenvalue weighted by Crippen LogP contribution is -2.43. The number of fused-ring (bicyclic) bond motifs is 3. The van der Waals surface area contributed by atoms with Gasteiger partial charge in [0.2, 0.25) is 0 Å². The fourth-order valence-corrected chi connectivity index (χ4v) is 4.15. The van der Waals surface area contributed by atoms with Gasteiger partial charge >= 0.3 is 5.63 Å². The SMILES string of the molecule is Cc1cc(O[C@@H](C)C(=O)NCCN2CCOCC2)c2c3c(c(=O)oc2c1)CCC3. The van der Waals surface area contributed by atoms with E-state index in [-0.39, 0.29) is 11.5 Å². The van der Waals surface area contributed by atoms with Gasteiger partial charge in [0.05, 0.1) is 18.6 Å². The maximum Gasteiger partial charge on any atom is 0.339 e. The third-order valence-electron chi connectivity index (χ3n) is 5.68. The predicted molar refractivity (Wildman–Crippen MR) is 110 cm³/mol. The van der Waals surface area contributed by atoms with E-state index in [1.165, 1.54) is 0 Å². The van der Waals surface area contributed by atoms with Crippen molar-refractivity contribution in [1.29, 1.82) is 0 Å². The van der Waals surface area contributed by atoms with Crippen molar-refractivity contribution in [1.82, 2.24) is 10.2 Å². The maximum absolute atomic E-state index is 12.5. The van der Waals surface area contributed by atoms with Gasteiger partial charge in [0.25, 0.3) is 5.91 Å². The first kappa shape index (κ1) is 19.9. The summed E-state index contributed by atoms with van der Waals surface area (Å²) in [4.78, 5) is 27.1. The molecule has 1 aromatic heterocycles. The van der Waals surface area contributed by atoms with Gasteiger partial charge in [-0.15, -0.1) is 0 Å². The summed E-state index contributed by atoms with van der Waals surface area (Å²) in [5.74, 6) is 0.458. The number of aryl methyl sites for hydroxylation is 2. The highest BCUT2D eigenvalue weighted by Gasteiger charge is 2.24. The third kappa shape index (κ3) is 4.31. The number of carbonyl (C=O) groups excluding carboxylic acids is 1. The van der Waals surface area contributed by atoms with E-state index in [4.69, 9.17) is 13.9 Å². The monoisotopic (exact) mass is 400 g/mol. The minimum Gasteiger partial charge on any atom is -0.480 e. The molecule has 0 radical (unpaired) electrons. The smallest absolute Gasteiger partial charge is 0.339 e. The van der Waals surface area contributed by atoms with Crippen molar-refractivity contribution in [3.8, 4) is 5.75 Å². The number of ether oxygens (including phenoxy) is 2. The number of amides is 1. The Kier molecular flexibility index (Phi) is 5.87. The van der Waals surface area contributed by atoms with Gasteiger partial charge in [-0.3, -0.25) is 9.69 Å². The third-order valence-corrected chi connectivity index (χ3v) is 5.68. The second-order valence-electron chi connectivity index (χ2n) is 7.84. The molecule has 0 bridgehead atoms. The van der Waals surface area contributed by atoms with Crippen LogP contribution in [-0.2, 0) is 22.4 Å². The molecule has 1 aliphatic heterocycles. The molecule has 1 aliphatic carbocycles. The number of benzene rings is 1. The molecule has 1 N–H and O–H groups in total. The van der Waals surface area contributed by atoms with E-state index in [1.807, 2.05) is 19.1 Å². The zero-order chi connectivity index (χ0) is 20.4. The van der Waals surface area contributed by atoms with Crippen LogP contribution in [0.2, 0.25) is 0 Å². The molecule has 4 rings (SSSR count). The number of rotatable bonds is 6. The lowest BCUT2D eigenvalue weighted by molar-refractivity contribution is -0.127. The molecule has 7 heteroatoms. The molecule has 2 aliphatic rings. The van der Waals surface area contributed by atoms with Crippen LogP contribution in [0.1, 0.15) is 30.0 Å². The molecular formula is C22H28N2O5. The van der Waals surface area contributed by atoms with Crippen molar-refractivity contribution in [3.63, 3.8) is 0 Å². The van der Waals surface area contributed by atoms with Gasteiger partial charge < -0.3 is 19.2 Å². The molecule has 7 nitrogen and oxygen atoms in total. The van der Waals surface area contributed by atoms with E-state index in [2.05, 4.69) is 10.2 Å². The largest absolute Gasteiger partial charge is 0.480 e. The van der Waals surface area contributed by atoms with Crippen molar-refractivity contribution >= 4 is 16.9 Å². The summed E-state index contributed by atoms with van der Waals surface area (Å²) < 4.78 is 17.0. The van der Waals surface area contributed by atoms with Crippen LogP contribution in [0, 0.1) is 6.92 Å². The quantitative estimate of drug-likeness (QED) is 0.745. The lowest BCUT2D eigenvalue weighted by Gasteiger charge is -2.26. The van der Waals surface area contributed by atoms with Gasteiger partial charge in [0.1, 0.15) is 11.3 Å². The van der Waals surface area contributed by atoms with Gasteiger partial charge in [-0.2, -0.15) is 0 Å². The van der Waals surface area contributed by atoms with Crippen molar-refractivity contribution in [2.75, 3.05) is 39.4 Å². The summed E-state index contributed by atoms with van der Waals surface area (Å²) in [7, 11) is 0. The Labute approximate surface area is 170 Å². The highest BCUT2D eigenvalue weighted by molar-refractivity contribution is 5.89. The summed E-state index contributed by atoms with van der Waals surface area (Å²) in [5.41, 5.74) is 2.95. The maximum atomic E-state index is 12.5. The molecule has 29 heavy (non-hydrogen) atoms.